The van der Waals surface area contributed by atoms with E-state index >= 15 is 0 Å². The van der Waals surface area contributed by atoms with Crippen LogP contribution in [-0.2, 0) is 9.05 Å². The van der Waals surface area contributed by atoms with Gasteiger partial charge in [0.1, 0.15) is 10.6 Å². The molecule has 0 atom stereocenters. The van der Waals surface area contributed by atoms with Gasteiger partial charge in [0, 0.05) is 10.7 Å². The fraction of sp³-hybridized carbons (Fsp3) is 0.125. The number of nitriles is 1. The summed E-state index contributed by atoms with van der Waals surface area (Å²) < 4.78 is 50.4. The van der Waals surface area contributed by atoms with Gasteiger partial charge in [0.2, 0.25) is 0 Å². The summed E-state index contributed by atoms with van der Waals surface area (Å²) in [5.41, 5.74) is -0.183. The molecule has 0 aromatic heterocycles. The molecular formula is C8H4ClF2NO3S2. The van der Waals surface area contributed by atoms with Gasteiger partial charge in [-0.1, -0.05) is 0 Å². The van der Waals surface area contributed by atoms with Crippen molar-refractivity contribution in [3.8, 4) is 11.8 Å². The van der Waals surface area contributed by atoms with Gasteiger partial charge in [-0.25, -0.2) is 8.42 Å². The molecule has 0 radical (unpaired) electrons. The highest BCUT2D eigenvalue weighted by molar-refractivity contribution is 8.14. The fourth-order valence-electron chi connectivity index (χ4n) is 1.02. The molecule has 0 heterocycles. The summed E-state index contributed by atoms with van der Waals surface area (Å²) >= 11 is 3.73. The molecule has 0 aliphatic heterocycles. The minimum Gasteiger partial charge on any atom is -0.434 e. The number of thiol groups is 1. The van der Waals surface area contributed by atoms with E-state index in [1.165, 1.54) is 0 Å². The van der Waals surface area contributed by atoms with Crippen molar-refractivity contribution in [2.24, 2.45) is 0 Å². The van der Waals surface area contributed by atoms with E-state index in [1.807, 2.05) is 0 Å². The van der Waals surface area contributed by atoms with Gasteiger partial charge in [-0.15, -0.1) is 12.6 Å². The molecule has 92 valence electrons. The lowest BCUT2D eigenvalue weighted by molar-refractivity contribution is -0.0519. The molecule has 4 nitrogen and oxygen atoms in total. The Morgan fingerprint density at radius 2 is 2.06 bits per heavy atom. The lowest BCUT2D eigenvalue weighted by Gasteiger charge is -2.10. The smallest absolute Gasteiger partial charge is 0.387 e. The lowest BCUT2D eigenvalue weighted by Crippen LogP contribution is -2.05. The lowest BCUT2D eigenvalue weighted by atomic mass is 10.2. The summed E-state index contributed by atoms with van der Waals surface area (Å²) in [5, 5.41) is 8.62. The highest BCUT2D eigenvalue weighted by Gasteiger charge is 2.20. The number of benzene rings is 1. The molecule has 0 fully saturated rings. The summed E-state index contributed by atoms with van der Waals surface area (Å²) in [5.74, 6) is -0.526. The molecule has 0 saturated carbocycles. The van der Waals surface area contributed by atoms with Crippen LogP contribution in [0.3, 0.4) is 0 Å². The summed E-state index contributed by atoms with van der Waals surface area (Å²) in [6, 6.07) is 3.46. The topological polar surface area (TPSA) is 67.2 Å². The summed E-state index contributed by atoms with van der Waals surface area (Å²) in [6.07, 6.45) is 0. The first kappa shape index (κ1) is 14.0. The molecule has 0 unspecified atom stereocenters. The van der Waals surface area contributed by atoms with Crippen molar-refractivity contribution in [2.75, 3.05) is 0 Å². The predicted octanol–water partition coefficient (Wildman–Crippen LogP) is 2.38. The van der Waals surface area contributed by atoms with Crippen LogP contribution in [0.4, 0.5) is 8.78 Å². The number of halogens is 3. The molecular weight excluding hydrogens is 296 g/mol. The van der Waals surface area contributed by atoms with Crippen LogP contribution >= 0.6 is 23.3 Å². The van der Waals surface area contributed by atoms with E-state index < -0.39 is 26.3 Å². The van der Waals surface area contributed by atoms with Crippen molar-refractivity contribution in [1.29, 1.82) is 5.26 Å². The van der Waals surface area contributed by atoms with E-state index in [1.54, 1.807) is 6.07 Å². The minimum absolute atomic E-state index is 0.183. The Balaban J connectivity index is 3.48. The summed E-state index contributed by atoms with van der Waals surface area (Å²) in [4.78, 5) is -0.934. The Hall–Kier alpha value is -1.04. The zero-order valence-electron chi connectivity index (χ0n) is 7.89. The van der Waals surface area contributed by atoms with Crippen LogP contribution in [0.1, 0.15) is 5.56 Å². The first-order valence-electron chi connectivity index (χ1n) is 3.92. The third-order valence-corrected chi connectivity index (χ3v) is 3.61. The average Bonchev–Trinajstić information content (AvgIpc) is 2.18. The molecule has 0 spiro atoms. The fourth-order valence-corrected chi connectivity index (χ4v) is 2.69. The van der Waals surface area contributed by atoms with E-state index in [2.05, 4.69) is 17.4 Å². The second-order valence-corrected chi connectivity index (χ2v) is 5.73. The number of alkyl halides is 2. The molecule has 9 heteroatoms. The quantitative estimate of drug-likeness (QED) is 0.687. The summed E-state index contributed by atoms with van der Waals surface area (Å²) in [7, 11) is 0.868. The molecule has 0 amide bonds. The Morgan fingerprint density at radius 3 is 2.47 bits per heavy atom. The molecule has 1 rings (SSSR count). The standard InChI is InChI=1S/C8H4ClF2NO3S2/c9-17(13,14)6-2-4(3-12)1-5(7(6)16)15-8(10)11/h1-2,8,16H. The van der Waals surface area contributed by atoms with Gasteiger partial charge in [0.15, 0.2) is 0 Å². The highest BCUT2D eigenvalue weighted by atomic mass is 35.7. The van der Waals surface area contributed by atoms with E-state index in [4.69, 9.17) is 15.9 Å². The third kappa shape index (κ3) is 3.46. The van der Waals surface area contributed by atoms with Gasteiger partial charge < -0.3 is 4.74 Å². The van der Waals surface area contributed by atoms with Crippen molar-refractivity contribution in [3.05, 3.63) is 17.7 Å². The average molecular weight is 300 g/mol. The molecule has 0 aliphatic rings. The van der Waals surface area contributed by atoms with Gasteiger partial charge >= 0.3 is 6.61 Å². The monoisotopic (exact) mass is 299 g/mol. The van der Waals surface area contributed by atoms with E-state index in [0.717, 1.165) is 12.1 Å². The second kappa shape index (κ2) is 5.08. The molecule has 0 N–H and O–H groups in total. The number of nitrogens with zero attached hydrogens (tertiary/aromatic N) is 1. The minimum atomic E-state index is -4.20. The van der Waals surface area contributed by atoms with Crippen molar-refractivity contribution in [2.45, 2.75) is 16.4 Å². The SMILES string of the molecule is N#Cc1cc(OC(F)F)c(S)c(S(=O)(=O)Cl)c1. The zero-order valence-corrected chi connectivity index (χ0v) is 10.4. The Morgan fingerprint density at radius 1 is 1.47 bits per heavy atom. The van der Waals surface area contributed by atoms with Crippen LogP contribution < -0.4 is 4.74 Å². The van der Waals surface area contributed by atoms with Gasteiger partial charge in [-0.2, -0.15) is 14.0 Å². The molecule has 1 aromatic rings. The molecule has 0 aliphatic carbocycles. The van der Waals surface area contributed by atoms with Gasteiger partial charge in [-0.05, 0) is 12.1 Å². The second-order valence-electron chi connectivity index (χ2n) is 2.75. The maximum atomic E-state index is 12.0. The molecule has 0 bridgehead atoms. The van der Waals surface area contributed by atoms with E-state index in [9.17, 15) is 17.2 Å². The Kier molecular flexibility index (Phi) is 4.19. The van der Waals surface area contributed by atoms with Gasteiger partial charge in [0.05, 0.1) is 16.5 Å². The molecule has 1 aromatic carbocycles. The van der Waals surface area contributed by atoms with Crippen LogP contribution in [0.5, 0.6) is 5.75 Å². The highest BCUT2D eigenvalue weighted by Crippen LogP contribution is 2.33. The summed E-state index contributed by atoms with van der Waals surface area (Å²) in [6.45, 7) is -3.17. The first-order valence-corrected chi connectivity index (χ1v) is 6.68. The molecule has 0 saturated heterocycles. The van der Waals surface area contributed by atoms with E-state index in [0.29, 0.717) is 0 Å². The number of hydrogen-bond donors (Lipinski definition) is 1. The first-order chi connectivity index (χ1) is 7.75. The molecule has 17 heavy (non-hydrogen) atoms. The predicted molar refractivity (Wildman–Crippen MR) is 58.1 cm³/mol. The maximum absolute atomic E-state index is 12.0. The van der Waals surface area contributed by atoms with Crippen molar-refractivity contribution in [3.63, 3.8) is 0 Å². The Labute approximate surface area is 106 Å². The van der Waals surface area contributed by atoms with Crippen molar-refractivity contribution < 1.29 is 21.9 Å². The number of hydrogen-bond acceptors (Lipinski definition) is 5. The maximum Gasteiger partial charge on any atom is 0.387 e. The van der Waals surface area contributed by atoms with E-state index in [-0.39, 0.29) is 10.5 Å². The largest absolute Gasteiger partial charge is 0.434 e. The van der Waals surface area contributed by atoms with Crippen LogP contribution in [0.15, 0.2) is 21.9 Å². The zero-order chi connectivity index (χ0) is 13.2. The number of ether oxygens (including phenoxy) is 1. The normalized spacial score (nSPS) is 11.3. The third-order valence-electron chi connectivity index (χ3n) is 1.65. The van der Waals surface area contributed by atoms with Gasteiger partial charge in [0.25, 0.3) is 9.05 Å². The van der Waals surface area contributed by atoms with Crippen LogP contribution in [0.2, 0.25) is 0 Å². The Bertz CT molecular complexity index is 583. The van der Waals surface area contributed by atoms with Crippen LogP contribution in [0, 0.1) is 11.3 Å². The van der Waals surface area contributed by atoms with Crippen molar-refractivity contribution >= 4 is 32.4 Å². The number of rotatable bonds is 3. The van der Waals surface area contributed by atoms with Gasteiger partial charge in [-0.3, -0.25) is 0 Å². The van der Waals surface area contributed by atoms with Crippen LogP contribution in [-0.4, -0.2) is 15.0 Å². The van der Waals surface area contributed by atoms with Crippen molar-refractivity contribution in [1.82, 2.24) is 0 Å². The van der Waals surface area contributed by atoms with Crippen LogP contribution in [0.25, 0.3) is 0 Å².